The number of methoxy groups -OCH3 is 1. The highest BCUT2D eigenvalue weighted by atomic mass is 32.2. The monoisotopic (exact) mass is 265 g/mol. The lowest BCUT2D eigenvalue weighted by atomic mass is 10.2. The van der Waals surface area contributed by atoms with E-state index in [-0.39, 0.29) is 12.7 Å². The van der Waals surface area contributed by atoms with E-state index in [2.05, 4.69) is 0 Å². The molecular weight excluding hydrogens is 246 g/mol. The fourth-order valence-corrected chi connectivity index (χ4v) is 2.51. The van der Waals surface area contributed by atoms with Crippen molar-refractivity contribution < 1.29 is 22.7 Å². The number of carbonyl (C=O) groups excluding carboxylic acids is 1. The molecule has 1 rings (SSSR count). The largest absolute Gasteiger partial charge is 0.443 e. The van der Waals surface area contributed by atoms with Crippen molar-refractivity contribution in [3.8, 4) is 0 Å². The Bertz CT molecular complexity index is 314. The van der Waals surface area contributed by atoms with Crippen molar-refractivity contribution in [2.24, 2.45) is 0 Å². The molecule has 3 unspecified atom stereocenters. The van der Waals surface area contributed by atoms with Gasteiger partial charge in [-0.25, -0.2) is 9.00 Å². The van der Waals surface area contributed by atoms with Crippen LogP contribution in [-0.4, -0.2) is 46.1 Å². The summed E-state index contributed by atoms with van der Waals surface area (Å²) in [5.41, 5.74) is -0.634. The molecule has 0 aromatic carbocycles. The molecule has 0 aliphatic carbocycles. The Labute approximate surface area is 104 Å². The van der Waals surface area contributed by atoms with Crippen LogP contribution in [0.15, 0.2) is 0 Å². The van der Waals surface area contributed by atoms with Crippen LogP contribution in [0.2, 0.25) is 0 Å². The van der Waals surface area contributed by atoms with Gasteiger partial charge in [-0.3, -0.25) is 4.18 Å². The predicted octanol–water partition coefficient (Wildman–Crippen LogP) is 1.24. The van der Waals surface area contributed by atoms with Gasteiger partial charge in [0.25, 0.3) is 11.3 Å². The normalized spacial score (nSPS) is 29.5. The number of hydrogen-bond donors (Lipinski definition) is 0. The molecule has 0 saturated carbocycles. The molecule has 100 valence electrons. The van der Waals surface area contributed by atoms with Crippen LogP contribution in [0.25, 0.3) is 0 Å². The van der Waals surface area contributed by atoms with E-state index in [1.54, 1.807) is 27.7 Å². The second-order valence-electron chi connectivity index (χ2n) is 4.85. The van der Waals surface area contributed by atoms with Crippen LogP contribution in [-0.2, 0) is 24.9 Å². The van der Waals surface area contributed by atoms with Crippen LogP contribution in [0, 0.1) is 0 Å². The zero-order chi connectivity index (χ0) is 13.2. The summed E-state index contributed by atoms with van der Waals surface area (Å²) in [5, 5.41) is 0. The van der Waals surface area contributed by atoms with Crippen LogP contribution < -0.4 is 0 Å². The highest BCUT2D eigenvalue weighted by Gasteiger charge is 2.44. The van der Waals surface area contributed by atoms with Gasteiger partial charge in [0, 0.05) is 7.11 Å². The van der Waals surface area contributed by atoms with E-state index >= 15 is 0 Å². The fourth-order valence-electron chi connectivity index (χ4n) is 1.42. The first-order valence-corrected chi connectivity index (χ1v) is 6.39. The van der Waals surface area contributed by atoms with Crippen molar-refractivity contribution in [2.45, 2.75) is 45.4 Å². The lowest BCUT2D eigenvalue weighted by molar-refractivity contribution is 0.0259. The number of rotatable bonds is 2. The third-order valence-electron chi connectivity index (χ3n) is 2.15. The maximum Gasteiger partial charge on any atom is 0.424 e. The molecule has 1 amide bonds. The van der Waals surface area contributed by atoms with Crippen LogP contribution >= 0.6 is 0 Å². The quantitative estimate of drug-likeness (QED) is 0.751. The van der Waals surface area contributed by atoms with Crippen LogP contribution in [0.4, 0.5) is 4.79 Å². The van der Waals surface area contributed by atoms with Crippen molar-refractivity contribution in [2.75, 3.05) is 13.7 Å². The van der Waals surface area contributed by atoms with Gasteiger partial charge in [-0.15, -0.1) is 0 Å². The molecule has 7 heteroatoms. The molecule has 1 aliphatic heterocycles. The second kappa shape index (κ2) is 5.32. The third-order valence-corrected chi connectivity index (χ3v) is 3.36. The molecule has 0 N–H and O–H groups in total. The van der Waals surface area contributed by atoms with Gasteiger partial charge < -0.3 is 9.47 Å². The number of amides is 1. The molecule has 1 saturated heterocycles. The zero-order valence-electron chi connectivity index (χ0n) is 10.8. The summed E-state index contributed by atoms with van der Waals surface area (Å²) >= 11 is -1.81. The summed E-state index contributed by atoms with van der Waals surface area (Å²) in [4.78, 5) is 11.9. The van der Waals surface area contributed by atoms with E-state index < -0.39 is 29.0 Å². The zero-order valence-corrected chi connectivity index (χ0v) is 11.6. The molecular formula is C10H19NO5S. The smallest absolute Gasteiger partial charge is 0.424 e. The predicted molar refractivity (Wildman–Crippen MR) is 62.4 cm³/mol. The molecule has 0 bridgehead atoms. The molecule has 0 aromatic rings. The highest BCUT2D eigenvalue weighted by Crippen LogP contribution is 2.24. The summed E-state index contributed by atoms with van der Waals surface area (Å²) in [6.45, 7) is 7.25. The molecule has 1 heterocycles. The fraction of sp³-hybridized carbons (Fsp3) is 0.900. The molecule has 1 fully saturated rings. The summed E-state index contributed by atoms with van der Waals surface area (Å²) in [5.74, 6) is 0. The van der Waals surface area contributed by atoms with E-state index in [4.69, 9.17) is 13.7 Å². The Kier molecular flexibility index (Phi) is 4.51. The van der Waals surface area contributed by atoms with Gasteiger partial charge in [-0.05, 0) is 27.7 Å². The van der Waals surface area contributed by atoms with Crippen molar-refractivity contribution in [1.82, 2.24) is 4.31 Å². The average molecular weight is 265 g/mol. The Balaban J connectivity index is 2.78. The molecule has 0 spiro atoms. The van der Waals surface area contributed by atoms with E-state index in [0.717, 1.165) is 4.31 Å². The summed E-state index contributed by atoms with van der Waals surface area (Å²) < 4.78 is 28.0. The van der Waals surface area contributed by atoms with E-state index in [1.807, 2.05) is 0 Å². The Morgan fingerprint density at radius 2 is 2.06 bits per heavy atom. The minimum absolute atomic E-state index is 0.256. The van der Waals surface area contributed by atoms with Gasteiger partial charge in [-0.2, -0.15) is 4.31 Å². The molecule has 0 aromatic heterocycles. The standard InChI is InChI=1S/C10H19NO5S/c1-7-8(6-14-5)11(17(13)16-7)9(12)15-10(2,3)4/h7-8H,6H2,1-5H3. The average Bonchev–Trinajstić information content (AvgIpc) is 2.39. The summed E-state index contributed by atoms with van der Waals surface area (Å²) in [6.07, 6.45) is -0.995. The first kappa shape index (κ1) is 14.4. The maximum absolute atomic E-state index is 11.9. The van der Waals surface area contributed by atoms with E-state index in [9.17, 15) is 9.00 Å². The van der Waals surface area contributed by atoms with Crippen LogP contribution in [0.3, 0.4) is 0 Å². The van der Waals surface area contributed by atoms with Gasteiger partial charge in [0.05, 0.1) is 12.7 Å². The first-order valence-electron chi connectivity index (χ1n) is 5.36. The molecule has 3 atom stereocenters. The topological polar surface area (TPSA) is 65.1 Å². The maximum atomic E-state index is 11.9. The van der Waals surface area contributed by atoms with Gasteiger partial charge in [-0.1, -0.05) is 0 Å². The van der Waals surface area contributed by atoms with Crippen LogP contribution in [0.1, 0.15) is 27.7 Å². The van der Waals surface area contributed by atoms with Gasteiger partial charge in [0.1, 0.15) is 11.6 Å². The van der Waals surface area contributed by atoms with Crippen molar-refractivity contribution in [3.63, 3.8) is 0 Å². The van der Waals surface area contributed by atoms with E-state index in [1.165, 1.54) is 7.11 Å². The Morgan fingerprint density at radius 1 is 1.47 bits per heavy atom. The molecule has 6 nitrogen and oxygen atoms in total. The SMILES string of the molecule is COCC1C(C)OS(=O)N1C(=O)OC(C)(C)C. The molecule has 17 heavy (non-hydrogen) atoms. The van der Waals surface area contributed by atoms with Crippen LogP contribution in [0.5, 0.6) is 0 Å². The Morgan fingerprint density at radius 3 is 2.53 bits per heavy atom. The van der Waals surface area contributed by atoms with Crippen molar-refractivity contribution in [3.05, 3.63) is 0 Å². The third kappa shape index (κ3) is 3.65. The van der Waals surface area contributed by atoms with Gasteiger partial charge in [0.15, 0.2) is 0 Å². The van der Waals surface area contributed by atoms with E-state index in [0.29, 0.717) is 0 Å². The number of nitrogens with zero attached hydrogens (tertiary/aromatic N) is 1. The summed E-state index contributed by atoms with van der Waals surface area (Å²) in [6, 6.07) is -0.393. The Hall–Kier alpha value is -0.660. The number of ether oxygens (including phenoxy) is 2. The van der Waals surface area contributed by atoms with Gasteiger partial charge >= 0.3 is 6.09 Å². The first-order chi connectivity index (χ1) is 7.76. The number of carbonyl (C=O) groups is 1. The second-order valence-corrected chi connectivity index (χ2v) is 5.87. The van der Waals surface area contributed by atoms with Crippen molar-refractivity contribution in [1.29, 1.82) is 0 Å². The minimum Gasteiger partial charge on any atom is -0.443 e. The molecule has 1 aliphatic rings. The lowest BCUT2D eigenvalue weighted by Crippen LogP contribution is -2.44. The van der Waals surface area contributed by atoms with Gasteiger partial charge in [0.2, 0.25) is 0 Å². The number of hydrogen-bond acceptors (Lipinski definition) is 5. The lowest BCUT2D eigenvalue weighted by Gasteiger charge is -2.26. The highest BCUT2D eigenvalue weighted by molar-refractivity contribution is 7.78. The van der Waals surface area contributed by atoms with Crippen molar-refractivity contribution >= 4 is 17.4 Å². The minimum atomic E-state index is -1.81. The summed E-state index contributed by atoms with van der Waals surface area (Å²) in [7, 11) is 1.52. The molecule has 0 radical (unpaired) electrons.